The average molecular weight is 275 g/mol. The van der Waals surface area contributed by atoms with Gasteiger partial charge in [0.2, 0.25) is 5.88 Å². The molecular formula is C14H14FN3O2. The number of ether oxygens (including phenoxy) is 2. The maximum Gasteiger partial charge on any atom is 0.238 e. The topological polar surface area (TPSA) is 56.3 Å². The summed E-state index contributed by atoms with van der Waals surface area (Å²) < 4.78 is 25.4. The van der Waals surface area contributed by atoms with Crippen LogP contribution in [0.3, 0.4) is 0 Å². The van der Waals surface area contributed by atoms with Crippen LogP contribution >= 0.6 is 0 Å². The summed E-state index contributed by atoms with van der Waals surface area (Å²) in [5.41, 5.74) is 0.485. The zero-order chi connectivity index (χ0) is 13.8. The molecule has 1 atom stereocenters. The van der Waals surface area contributed by atoms with E-state index in [1.54, 1.807) is 30.3 Å². The van der Waals surface area contributed by atoms with Gasteiger partial charge in [-0.3, -0.25) is 0 Å². The molecule has 0 radical (unpaired) electrons. The highest BCUT2D eigenvalue weighted by atomic mass is 19.1. The molecular weight excluding hydrogens is 261 g/mol. The molecule has 20 heavy (non-hydrogen) atoms. The predicted molar refractivity (Wildman–Crippen MR) is 70.1 cm³/mol. The minimum absolute atomic E-state index is 0.122. The van der Waals surface area contributed by atoms with Crippen molar-refractivity contribution in [1.82, 2.24) is 15.5 Å². The molecule has 0 spiro atoms. The first-order valence-corrected chi connectivity index (χ1v) is 6.41. The van der Waals surface area contributed by atoms with E-state index in [1.165, 1.54) is 6.20 Å². The molecule has 1 aliphatic rings. The Morgan fingerprint density at radius 3 is 3.00 bits per heavy atom. The van der Waals surface area contributed by atoms with E-state index >= 15 is 0 Å². The third-order valence-corrected chi connectivity index (χ3v) is 3.03. The molecule has 1 fully saturated rings. The maximum absolute atomic E-state index is 14.5. The fourth-order valence-corrected chi connectivity index (χ4v) is 2.07. The fraction of sp³-hybridized carbons (Fsp3) is 0.286. The standard InChI is InChI=1S/C14H14FN3O2/c15-14-10(12-9-16-7-8-19-12)3-1-4-11(14)20-13-5-2-6-17-18-13/h1-6,12,16H,7-9H2. The molecule has 0 bridgehead atoms. The predicted octanol–water partition coefficient (Wildman–Crippen LogP) is 2.07. The van der Waals surface area contributed by atoms with E-state index in [9.17, 15) is 4.39 Å². The molecule has 3 rings (SSSR count). The Hall–Kier alpha value is -2.05. The lowest BCUT2D eigenvalue weighted by Crippen LogP contribution is -2.33. The van der Waals surface area contributed by atoms with Crippen molar-refractivity contribution in [3.63, 3.8) is 0 Å². The minimum atomic E-state index is -0.424. The normalized spacial score (nSPS) is 18.8. The lowest BCUT2D eigenvalue weighted by atomic mass is 10.1. The molecule has 1 saturated heterocycles. The lowest BCUT2D eigenvalue weighted by molar-refractivity contribution is 0.0253. The third kappa shape index (κ3) is 2.76. The Morgan fingerprint density at radius 1 is 1.30 bits per heavy atom. The van der Waals surface area contributed by atoms with Gasteiger partial charge in [-0.25, -0.2) is 4.39 Å². The summed E-state index contributed by atoms with van der Waals surface area (Å²) in [7, 11) is 0. The Balaban J connectivity index is 1.85. The molecule has 0 amide bonds. The van der Waals surface area contributed by atoms with Crippen molar-refractivity contribution in [2.45, 2.75) is 6.10 Å². The highest BCUT2D eigenvalue weighted by Crippen LogP contribution is 2.30. The van der Waals surface area contributed by atoms with Crippen LogP contribution < -0.4 is 10.1 Å². The van der Waals surface area contributed by atoms with E-state index in [0.29, 0.717) is 18.7 Å². The molecule has 5 nitrogen and oxygen atoms in total. The first kappa shape index (κ1) is 13.0. The number of hydrogen-bond donors (Lipinski definition) is 1. The second-order valence-electron chi connectivity index (χ2n) is 4.39. The monoisotopic (exact) mass is 275 g/mol. The molecule has 1 N–H and O–H groups in total. The smallest absolute Gasteiger partial charge is 0.238 e. The molecule has 0 aliphatic carbocycles. The fourth-order valence-electron chi connectivity index (χ4n) is 2.07. The van der Waals surface area contributed by atoms with E-state index in [2.05, 4.69) is 15.5 Å². The van der Waals surface area contributed by atoms with Gasteiger partial charge in [-0.2, -0.15) is 5.10 Å². The maximum atomic E-state index is 14.5. The molecule has 104 valence electrons. The van der Waals surface area contributed by atoms with Crippen molar-refractivity contribution < 1.29 is 13.9 Å². The van der Waals surface area contributed by atoms with Gasteiger partial charge in [-0.05, 0) is 12.1 Å². The van der Waals surface area contributed by atoms with Gasteiger partial charge >= 0.3 is 0 Å². The van der Waals surface area contributed by atoms with Crippen LogP contribution in [0.25, 0.3) is 0 Å². The van der Waals surface area contributed by atoms with E-state index in [4.69, 9.17) is 9.47 Å². The number of nitrogens with one attached hydrogen (secondary N) is 1. The number of benzene rings is 1. The van der Waals surface area contributed by atoms with Crippen LogP contribution in [-0.2, 0) is 4.74 Å². The molecule has 2 aromatic rings. The van der Waals surface area contributed by atoms with Crippen LogP contribution in [0.15, 0.2) is 36.5 Å². The third-order valence-electron chi connectivity index (χ3n) is 3.03. The summed E-state index contributed by atoms with van der Waals surface area (Å²) in [6.45, 7) is 1.94. The second-order valence-corrected chi connectivity index (χ2v) is 4.39. The number of halogens is 1. The van der Waals surface area contributed by atoms with Crippen LogP contribution in [0.1, 0.15) is 11.7 Å². The molecule has 0 saturated carbocycles. The Morgan fingerprint density at radius 2 is 2.25 bits per heavy atom. The van der Waals surface area contributed by atoms with E-state index in [1.807, 2.05) is 0 Å². The van der Waals surface area contributed by atoms with Crippen molar-refractivity contribution in [3.8, 4) is 11.6 Å². The number of aromatic nitrogens is 2. The van der Waals surface area contributed by atoms with Crippen LogP contribution in [0.5, 0.6) is 11.6 Å². The number of rotatable bonds is 3. The summed E-state index contributed by atoms with van der Waals surface area (Å²) in [6.07, 6.45) is 1.23. The van der Waals surface area contributed by atoms with E-state index < -0.39 is 5.82 Å². The van der Waals surface area contributed by atoms with E-state index in [0.717, 1.165) is 6.54 Å². The van der Waals surface area contributed by atoms with Gasteiger partial charge in [0.05, 0.1) is 12.7 Å². The first-order chi connectivity index (χ1) is 9.84. The van der Waals surface area contributed by atoms with Gasteiger partial charge in [-0.15, -0.1) is 5.10 Å². The molecule has 1 aromatic carbocycles. The average Bonchev–Trinajstić information content (AvgIpc) is 2.51. The lowest BCUT2D eigenvalue weighted by Gasteiger charge is -2.24. The Kier molecular flexibility index (Phi) is 3.85. The van der Waals surface area contributed by atoms with Gasteiger partial charge in [-0.1, -0.05) is 12.1 Å². The number of hydrogen-bond acceptors (Lipinski definition) is 5. The summed E-state index contributed by atoms with van der Waals surface area (Å²) in [6, 6.07) is 8.30. The quantitative estimate of drug-likeness (QED) is 0.929. The van der Waals surface area contributed by atoms with Crippen molar-refractivity contribution in [2.24, 2.45) is 0 Å². The van der Waals surface area contributed by atoms with Crippen LogP contribution in [-0.4, -0.2) is 29.9 Å². The van der Waals surface area contributed by atoms with Gasteiger partial charge in [0, 0.05) is 30.9 Å². The number of nitrogens with zero attached hydrogens (tertiary/aromatic N) is 2. The van der Waals surface area contributed by atoms with Gasteiger partial charge in [0.15, 0.2) is 11.6 Å². The number of morpholine rings is 1. The van der Waals surface area contributed by atoms with Crippen LogP contribution in [0, 0.1) is 5.82 Å². The summed E-state index contributed by atoms with van der Waals surface area (Å²) in [5.74, 6) is -0.0461. The summed E-state index contributed by atoms with van der Waals surface area (Å²) in [4.78, 5) is 0. The van der Waals surface area contributed by atoms with Crippen LogP contribution in [0.4, 0.5) is 4.39 Å². The minimum Gasteiger partial charge on any atom is -0.434 e. The van der Waals surface area contributed by atoms with Crippen molar-refractivity contribution in [1.29, 1.82) is 0 Å². The largest absolute Gasteiger partial charge is 0.434 e. The highest BCUT2D eigenvalue weighted by molar-refractivity contribution is 5.35. The van der Waals surface area contributed by atoms with Gasteiger partial charge in [0.25, 0.3) is 0 Å². The second kappa shape index (κ2) is 5.94. The summed E-state index contributed by atoms with van der Waals surface area (Å²) >= 11 is 0. The van der Waals surface area contributed by atoms with Gasteiger partial charge in [0.1, 0.15) is 0 Å². The molecule has 1 aliphatic heterocycles. The van der Waals surface area contributed by atoms with Crippen molar-refractivity contribution in [2.75, 3.05) is 19.7 Å². The molecule has 1 aromatic heterocycles. The van der Waals surface area contributed by atoms with Gasteiger partial charge < -0.3 is 14.8 Å². The zero-order valence-corrected chi connectivity index (χ0v) is 10.8. The molecule has 6 heteroatoms. The highest BCUT2D eigenvalue weighted by Gasteiger charge is 2.21. The molecule has 1 unspecified atom stereocenters. The van der Waals surface area contributed by atoms with Crippen LogP contribution in [0.2, 0.25) is 0 Å². The van der Waals surface area contributed by atoms with E-state index in [-0.39, 0.29) is 17.7 Å². The Bertz CT molecular complexity index is 574. The van der Waals surface area contributed by atoms with Crippen molar-refractivity contribution in [3.05, 3.63) is 47.9 Å². The zero-order valence-electron chi connectivity index (χ0n) is 10.8. The van der Waals surface area contributed by atoms with Crippen molar-refractivity contribution >= 4 is 0 Å². The molecule has 2 heterocycles. The Labute approximate surface area is 115 Å². The SMILES string of the molecule is Fc1c(Oc2cccnn2)cccc1C1CNCCO1. The summed E-state index contributed by atoms with van der Waals surface area (Å²) in [5, 5.41) is 10.6. The first-order valence-electron chi connectivity index (χ1n) is 6.41.